The standard InChI is InChI=1S/C11H19ClN2O3/c1-7-4-5-14(6-9(7)17-3)11(16)13-10(15)8(2)12/h7-9H,4-6H2,1-3H3,(H,13,15,16). The molecule has 0 aromatic rings. The van der Waals surface area contributed by atoms with Crippen LogP contribution in [0.3, 0.4) is 0 Å². The van der Waals surface area contributed by atoms with Crippen molar-refractivity contribution in [3.05, 3.63) is 0 Å². The Morgan fingerprint density at radius 2 is 2.18 bits per heavy atom. The molecule has 1 fully saturated rings. The minimum absolute atomic E-state index is 0.0260. The Morgan fingerprint density at radius 3 is 2.71 bits per heavy atom. The maximum absolute atomic E-state index is 11.8. The molecule has 0 radical (unpaired) electrons. The third-order valence-electron chi connectivity index (χ3n) is 3.07. The van der Waals surface area contributed by atoms with E-state index in [0.717, 1.165) is 6.42 Å². The number of alkyl halides is 1. The van der Waals surface area contributed by atoms with Crippen LogP contribution in [0.5, 0.6) is 0 Å². The van der Waals surface area contributed by atoms with E-state index in [-0.39, 0.29) is 6.10 Å². The number of nitrogens with one attached hydrogen (secondary N) is 1. The summed E-state index contributed by atoms with van der Waals surface area (Å²) in [6.07, 6.45) is 0.898. The number of hydrogen-bond acceptors (Lipinski definition) is 3. The van der Waals surface area contributed by atoms with Gasteiger partial charge in [-0.1, -0.05) is 6.92 Å². The summed E-state index contributed by atoms with van der Waals surface area (Å²) in [6.45, 7) is 4.76. The highest BCUT2D eigenvalue weighted by molar-refractivity contribution is 6.31. The SMILES string of the molecule is COC1CN(C(=O)NC(=O)C(C)Cl)CCC1C. The Morgan fingerprint density at radius 1 is 1.53 bits per heavy atom. The monoisotopic (exact) mass is 262 g/mol. The summed E-state index contributed by atoms with van der Waals surface area (Å²) in [5.41, 5.74) is 0. The number of likely N-dealkylation sites (tertiary alicyclic amines) is 1. The van der Waals surface area contributed by atoms with Crippen LogP contribution in [-0.4, -0.2) is 48.5 Å². The Labute approximate surface area is 106 Å². The molecule has 0 saturated carbocycles. The summed E-state index contributed by atoms with van der Waals surface area (Å²) >= 11 is 5.58. The van der Waals surface area contributed by atoms with Gasteiger partial charge in [0.2, 0.25) is 5.91 Å². The highest BCUT2D eigenvalue weighted by atomic mass is 35.5. The van der Waals surface area contributed by atoms with Crippen molar-refractivity contribution in [2.75, 3.05) is 20.2 Å². The summed E-state index contributed by atoms with van der Waals surface area (Å²) in [7, 11) is 1.63. The number of urea groups is 1. The van der Waals surface area contributed by atoms with Gasteiger partial charge < -0.3 is 9.64 Å². The fourth-order valence-corrected chi connectivity index (χ4v) is 1.86. The van der Waals surface area contributed by atoms with Gasteiger partial charge in [0.15, 0.2) is 0 Å². The summed E-state index contributed by atoms with van der Waals surface area (Å²) in [5.74, 6) is -0.0454. The molecule has 0 aromatic heterocycles. The summed E-state index contributed by atoms with van der Waals surface area (Å²) in [6, 6.07) is -0.392. The predicted octanol–water partition coefficient (Wildman–Crippen LogP) is 1.21. The summed E-state index contributed by atoms with van der Waals surface area (Å²) in [4.78, 5) is 24.6. The van der Waals surface area contributed by atoms with Gasteiger partial charge >= 0.3 is 6.03 Å². The number of carbonyl (C=O) groups is 2. The van der Waals surface area contributed by atoms with Gasteiger partial charge in [-0.15, -0.1) is 11.6 Å². The molecule has 0 aromatic carbocycles. The van der Waals surface area contributed by atoms with Crippen molar-refractivity contribution in [2.24, 2.45) is 5.92 Å². The number of imide groups is 1. The highest BCUT2D eigenvalue weighted by Gasteiger charge is 2.29. The average molecular weight is 263 g/mol. The van der Waals surface area contributed by atoms with Crippen LogP contribution in [0.25, 0.3) is 0 Å². The number of nitrogens with zero attached hydrogens (tertiary/aromatic N) is 1. The van der Waals surface area contributed by atoms with E-state index >= 15 is 0 Å². The Balaban J connectivity index is 2.50. The van der Waals surface area contributed by atoms with Gasteiger partial charge in [-0.25, -0.2) is 4.79 Å². The van der Waals surface area contributed by atoms with Crippen LogP contribution in [0.2, 0.25) is 0 Å². The number of amides is 3. The van der Waals surface area contributed by atoms with E-state index in [4.69, 9.17) is 16.3 Å². The van der Waals surface area contributed by atoms with E-state index in [0.29, 0.717) is 19.0 Å². The first-order valence-corrected chi connectivity index (χ1v) is 6.16. The average Bonchev–Trinajstić information content (AvgIpc) is 2.29. The number of piperidine rings is 1. The van der Waals surface area contributed by atoms with E-state index in [1.54, 1.807) is 12.0 Å². The van der Waals surface area contributed by atoms with E-state index in [1.165, 1.54) is 6.92 Å². The molecule has 1 N–H and O–H groups in total. The molecule has 3 unspecified atom stereocenters. The van der Waals surface area contributed by atoms with E-state index in [9.17, 15) is 9.59 Å². The van der Waals surface area contributed by atoms with Crippen molar-refractivity contribution < 1.29 is 14.3 Å². The smallest absolute Gasteiger partial charge is 0.324 e. The largest absolute Gasteiger partial charge is 0.379 e. The van der Waals surface area contributed by atoms with Gasteiger partial charge in [0.1, 0.15) is 5.38 Å². The van der Waals surface area contributed by atoms with Gasteiger partial charge in [0, 0.05) is 20.2 Å². The molecule has 17 heavy (non-hydrogen) atoms. The zero-order chi connectivity index (χ0) is 13.0. The van der Waals surface area contributed by atoms with E-state index < -0.39 is 17.3 Å². The molecule has 6 heteroatoms. The van der Waals surface area contributed by atoms with Crippen LogP contribution >= 0.6 is 11.6 Å². The second-order valence-electron chi connectivity index (χ2n) is 4.40. The Hall–Kier alpha value is -0.810. The predicted molar refractivity (Wildman–Crippen MR) is 65.0 cm³/mol. The molecule has 3 amide bonds. The highest BCUT2D eigenvalue weighted by Crippen LogP contribution is 2.19. The lowest BCUT2D eigenvalue weighted by Crippen LogP contribution is -2.52. The lowest BCUT2D eigenvalue weighted by atomic mass is 9.96. The molecule has 5 nitrogen and oxygen atoms in total. The molecular weight excluding hydrogens is 244 g/mol. The maximum atomic E-state index is 11.8. The van der Waals surface area contributed by atoms with Gasteiger partial charge in [-0.3, -0.25) is 10.1 Å². The first-order valence-electron chi connectivity index (χ1n) is 5.72. The third-order valence-corrected chi connectivity index (χ3v) is 3.27. The number of carbonyl (C=O) groups excluding carboxylic acids is 2. The van der Waals surface area contributed by atoms with E-state index in [1.807, 2.05) is 0 Å². The number of rotatable bonds is 2. The molecule has 1 heterocycles. The molecule has 1 rings (SSSR count). The number of hydrogen-bond donors (Lipinski definition) is 1. The van der Waals surface area contributed by atoms with Crippen molar-refractivity contribution in [1.82, 2.24) is 10.2 Å². The molecule has 1 saturated heterocycles. The van der Waals surface area contributed by atoms with Gasteiger partial charge in [0.05, 0.1) is 6.10 Å². The summed E-state index contributed by atoms with van der Waals surface area (Å²) < 4.78 is 5.30. The minimum atomic E-state index is -0.708. The molecule has 0 bridgehead atoms. The molecule has 98 valence electrons. The number of halogens is 1. The van der Waals surface area contributed by atoms with Crippen molar-refractivity contribution in [2.45, 2.75) is 31.7 Å². The number of methoxy groups -OCH3 is 1. The van der Waals surface area contributed by atoms with Crippen LogP contribution < -0.4 is 5.32 Å². The molecular formula is C11H19ClN2O3. The van der Waals surface area contributed by atoms with Crippen LogP contribution in [0.1, 0.15) is 20.3 Å². The number of ether oxygens (including phenoxy) is 1. The van der Waals surface area contributed by atoms with Crippen LogP contribution in [-0.2, 0) is 9.53 Å². The topological polar surface area (TPSA) is 58.6 Å². The van der Waals surface area contributed by atoms with Gasteiger partial charge in [-0.05, 0) is 19.3 Å². The zero-order valence-corrected chi connectivity index (χ0v) is 11.2. The van der Waals surface area contributed by atoms with Crippen molar-refractivity contribution in [3.8, 4) is 0 Å². The van der Waals surface area contributed by atoms with Crippen molar-refractivity contribution in [1.29, 1.82) is 0 Å². The molecule has 0 aliphatic carbocycles. The molecule has 0 spiro atoms. The minimum Gasteiger partial charge on any atom is -0.379 e. The first-order chi connectivity index (χ1) is 7.95. The zero-order valence-electron chi connectivity index (χ0n) is 10.4. The quantitative estimate of drug-likeness (QED) is 0.761. The normalized spacial score (nSPS) is 26.5. The van der Waals surface area contributed by atoms with Gasteiger partial charge in [0.25, 0.3) is 0 Å². The maximum Gasteiger partial charge on any atom is 0.324 e. The van der Waals surface area contributed by atoms with Crippen LogP contribution in [0.4, 0.5) is 4.79 Å². The molecule has 1 aliphatic rings. The Bertz CT molecular complexity index is 296. The van der Waals surface area contributed by atoms with Crippen molar-refractivity contribution >= 4 is 23.5 Å². The van der Waals surface area contributed by atoms with E-state index in [2.05, 4.69) is 12.2 Å². The fraction of sp³-hybridized carbons (Fsp3) is 0.818. The second-order valence-corrected chi connectivity index (χ2v) is 5.05. The summed E-state index contributed by atoms with van der Waals surface area (Å²) in [5, 5.41) is 1.56. The molecule has 3 atom stereocenters. The van der Waals surface area contributed by atoms with Crippen LogP contribution in [0.15, 0.2) is 0 Å². The lowest BCUT2D eigenvalue weighted by molar-refractivity contribution is -0.119. The van der Waals surface area contributed by atoms with Gasteiger partial charge in [-0.2, -0.15) is 0 Å². The van der Waals surface area contributed by atoms with Crippen LogP contribution in [0, 0.1) is 5.92 Å². The lowest BCUT2D eigenvalue weighted by Gasteiger charge is -2.35. The van der Waals surface area contributed by atoms with Crippen molar-refractivity contribution in [3.63, 3.8) is 0 Å². The first kappa shape index (κ1) is 14.3. The molecule has 1 aliphatic heterocycles. The third kappa shape index (κ3) is 3.85. The Kier molecular flexibility index (Phi) is 5.21. The second kappa shape index (κ2) is 6.21. The fourth-order valence-electron chi connectivity index (χ4n) is 1.81.